The Morgan fingerprint density at radius 2 is 2.04 bits per heavy atom. The second-order valence-corrected chi connectivity index (χ2v) is 8.04. The first kappa shape index (κ1) is 17.4. The predicted molar refractivity (Wildman–Crippen MR) is 101 cm³/mol. The largest absolute Gasteiger partial charge is 0.393 e. The van der Waals surface area contributed by atoms with Gasteiger partial charge >= 0.3 is 0 Å². The highest BCUT2D eigenvalue weighted by Crippen LogP contribution is 2.43. The molecule has 3 heterocycles. The van der Waals surface area contributed by atoms with Crippen LogP contribution in [0.1, 0.15) is 50.5 Å². The first-order chi connectivity index (χ1) is 12.6. The van der Waals surface area contributed by atoms with Crippen molar-refractivity contribution in [3.05, 3.63) is 23.9 Å². The van der Waals surface area contributed by atoms with Crippen molar-refractivity contribution in [3.63, 3.8) is 0 Å². The van der Waals surface area contributed by atoms with E-state index < -0.39 is 0 Å². The van der Waals surface area contributed by atoms with E-state index in [0.29, 0.717) is 18.5 Å². The minimum atomic E-state index is -0.294. The van der Waals surface area contributed by atoms with Crippen LogP contribution in [0.2, 0.25) is 0 Å². The molecule has 5 heteroatoms. The Labute approximate surface area is 155 Å². The van der Waals surface area contributed by atoms with Crippen LogP contribution in [0.4, 0.5) is 5.82 Å². The van der Waals surface area contributed by atoms with Crippen molar-refractivity contribution in [2.75, 3.05) is 24.5 Å². The second kappa shape index (κ2) is 6.92. The smallest absolute Gasteiger partial charge is 0.230 e. The predicted octanol–water partition coefficient (Wildman–Crippen LogP) is 2.19. The molecule has 1 aromatic rings. The molecule has 0 radical (unpaired) electrons. The Balaban J connectivity index is 1.52. The fourth-order valence-electron chi connectivity index (χ4n) is 5.02. The molecule has 3 aliphatic rings. The third kappa shape index (κ3) is 2.97. The van der Waals surface area contributed by atoms with Gasteiger partial charge in [-0.05, 0) is 57.1 Å². The Morgan fingerprint density at radius 3 is 2.81 bits per heavy atom. The van der Waals surface area contributed by atoms with E-state index in [1.807, 2.05) is 12.1 Å². The summed E-state index contributed by atoms with van der Waals surface area (Å²) in [5.41, 5.74) is 0.505. The third-order valence-electron chi connectivity index (χ3n) is 6.47. The van der Waals surface area contributed by atoms with E-state index in [-0.39, 0.29) is 11.5 Å². The highest BCUT2D eigenvalue weighted by atomic mass is 16.3. The number of anilines is 1. The summed E-state index contributed by atoms with van der Waals surface area (Å²) in [5.74, 6) is 3.87. The average Bonchev–Trinajstić information content (AvgIpc) is 2.98. The normalized spacial score (nSPS) is 32.1. The number of likely N-dealkylation sites (tertiary alicyclic amines) is 1. The molecule has 3 fully saturated rings. The van der Waals surface area contributed by atoms with Gasteiger partial charge in [0.2, 0.25) is 5.91 Å². The number of carbonyl (C=O) groups is 1. The summed E-state index contributed by atoms with van der Waals surface area (Å²) in [6.07, 6.45) is 13.6. The molecular formula is C21H27N3O2. The van der Waals surface area contributed by atoms with Crippen LogP contribution in [-0.4, -0.2) is 52.7 Å². The molecule has 26 heavy (non-hydrogen) atoms. The Hall–Kier alpha value is -2.06. The zero-order chi connectivity index (χ0) is 18.1. The minimum Gasteiger partial charge on any atom is -0.393 e. The van der Waals surface area contributed by atoms with Gasteiger partial charge in [0.15, 0.2) is 0 Å². The zero-order valence-corrected chi connectivity index (χ0v) is 15.2. The summed E-state index contributed by atoms with van der Waals surface area (Å²) < 4.78 is 0. The SMILES string of the molecule is C#Cc1cccnc1N1CCCC2(CCN([C@H]3CC[C@H](O)CC3)C2=O)C1. The van der Waals surface area contributed by atoms with E-state index >= 15 is 0 Å². The van der Waals surface area contributed by atoms with Crippen LogP contribution in [-0.2, 0) is 4.79 Å². The lowest BCUT2D eigenvalue weighted by molar-refractivity contribution is -0.139. The van der Waals surface area contributed by atoms with Gasteiger partial charge < -0.3 is 14.9 Å². The molecule has 0 aromatic carbocycles. The molecule has 2 saturated heterocycles. The third-order valence-corrected chi connectivity index (χ3v) is 6.47. The number of amides is 1. The maximum Gasteiger partial charge on any atom is 0.230 e. The molecule has 1 aromatic heterocycles. The molecule has 1 spiro atoms. The molecule has 138 valence electrons. The summed E-state index contributed by atoms with van der Waals surface area (Å²) in [6.45, 7) is 2.46. The van der Waals surface area contributed by atoms with Crippen molar-refractivity contribution in [1.29, 1.82) is 0 Å². The van der Waals surface area contributed by atoms with Crippen LogP contribution in [0.25, 0.3) is 0 Å². The van der Waals surface area contributed by atoms with E-state index in [0.717, 1.165) is 69.4 Å². The lowest BCUT2D eigenvalue weighted by Gasteiger charge is -2.41. The van der Waals surface area contributed by atoms with Gasteiger partial charge in [-0.2, -0.15) is 0 Å². The van der Waals surface area contributed by atoms with Crippen molar-refractivity contribution in [2.24, 2.45) is 5.41 Å². The number of hydrogen-bond donors (Lipinski definition) is 1. The summed E-state index contributed by atoms with van der Waals surface area (Å²) in [7, 11) is 0. The van der Waals surface area contributed by atoms with Gasteiger partial charge in [-0.25, -0.2) is 4.98 Å². The van der Waals surface area contributed by atoms with Crippen LogP contribution in [0.15, 0.2) is 18.3 Å². The van der Waals surface area contributed by atoms with Crippen molar-refractivity contribution in [2.45, 2.75) is 57.1 Å². The fourth-order valence-corrected chi connectivity index (χ4v) is 5.02. The lowest BCUT2D eigenvalue weighted by atomic mass is 9.78. The number of terminal acetylenes is 1. The van der Waals surface area contributed by atoms with E-state index in [1.54, 1.807) is 6.20 Å². The second-order valence-electron chi connectivity index (χ2n) is 8.04. The van der Waals surface area contributed by atoms with Crippen molar-refractivity contribution >= 4 is 11.7 Å². The molecule has 5 nitrogen and oxygen atoms in total. The van der Waals surface area contributed by atoms with Gasteiger partial charge in [-0.15, -0.1) is 6.42 Å². The number of pyridine rings is 1. The lowest BCUT2D eigenvalue weighted by Crippen LogP contribution is -2.50. The molecule has 1 unspecified atom stereocenters. The minimum absolute atomic E-state index is 0.186. The molecule has 1 saturated carbocycles. The van der Waals surface area contributed by atoms with Crippen LogP contribution in [0.3, 0.4) is 0 Å². The number of piperidine rings is 1. The Bertz CT molecular complexity index is 720. The topological polar surface area (TPSA) is 56.7 Å². The first-order valence-electron chi connectivity index (χ1n) is 9.79. The number of nitrogens with zero attached hydrogens (tertiary/aromatic N) is 3. The van der Waals surface area contributed by atoms with Crippen molar-refractivity contribution in [3.8, 4) is 12.3 Å². The Kier molecular flexibility index (Phi) is 4.62. The van der Waals surface area contributed by atoms with Crippen molar-refractivity contribution < 1.29 is 9.90 Å². The number of aliphatic hydroxyl groups is 1. The molecule has 0 bridgehead atoms. The molecular weight excluding hydrogens is 326 g/mol. The first-order valence-corrected chi connectivity index (χ1v) is 9.79. The molecule has 1 atom stereocenters. The van der Waals surface area contributed by atoms with Gasteiger partial charge in [0.05, 0.1) is 17.1 Å². The van der Waals surface area contributed by atoms with Crippen molar-refractivity contribution in [1.82, 2.24) is 9.88 Å². The number of carbonyl (C=O) groups excluding carboxylic acids is 1. The highest BCUT2D eigenvalue weighted by Gasteiger charge is 2.50. The molecule has 2 aliphatic heterocycles. The summed E-state index contributed by atoms with van der Waals surface area (Å²) in [4.78, 5) is 22.2. The molecule has 1 amide bonds. The van der Waals surface area contributed by atoms with Gasteiger partial charge in [-0.3, -0.25) is 4.79 Å². The molecule has 4 rings (SSSR count). The Morgan fingerprint density at radius 1 is 1.23 bits per heavy atom. The van der Waals surface area contributed by atoms with Crippen LogP contribution in [0.5, 0.6) is 0 Å². The molecule has 1 N–H and O–H groups in total. The van der Waals surface area contributed by atoms with Crippen LogP contribution in [0, 0.1) is 17.8 Å². The monoisotopic (exact) mass is 353 g/mol. The maximum absolute atomic E-state index is 13.4. The highest BCUT2D eigenvalue weighted by molar-refractivity contribution is 5.86. The van der Waals surface area contributed by atoms with E-state index in [4.69, 9.17) is 6.42 Å². The zero-order valence-electron chi connectivity index (χ0n) is 15.2. The van der Waals surface area contributed by atoms with Gasteiger partial charge in [-0.1, -0.05) is 5.92 Å². The van der Waals surface area contributed by atoms with Gasteiger partial charge in [0.25, 0.3) is 0 Å². The average molecular weight is 353 g/mol. The number of aromatic nitrogens is 1. The quantitative estimate of drug-likeness (QED) is 0.828. The van der Waals surface area contributed by atoms with Gasteiger partial charge in [0, 0.05) is 31.9 Å². The van der Waals surface area contributed by atoms with Gasteiger partial charge in [0.1, 0.15) is 5.82 Å². The van der Waals surface area contributed by atoms with E-state index in [2.05, 4.69) is 20.7 Å². The fraction of sp³-hybridized carbons (Fsp3) is 0.619. The summed E-state index contributed by atoms with van der Waals surface area (Å²) >= 11 is 0. The number of rotatable bonds is 2. The standard InChI is InChI=1S/C21H27N3O2/c1-2-16-5-3-12-22-19(16)23-13-4-10-21(15-23)11-14-24(20(21)26)17-6-8-18(25)9-7-17/h1,3,5,12,17-18,25H,4,6-11,13-15H2/t17-,18-,21?. The summed E-state index contributed by atoms with van der Waals surface area (Å²) in [5, 5.41) is 9.75. The molecule has 1 aliphatic carbocycles. The number of hydrogen-bond acceptors (Lipinski definition) is 4. The van der Waals surface area contributed by atoms with Crippen LogP contribution >= 0.6 is 0 Å². The number of aliphatic hydroxyl groups excluding tert-OH is 1. The van der Waals surface area contributed by atoms with E-state index in [9.17, 15) is 9.90 Å². The van der Waals surface area contributed by atoms with Crippen LogP contribution < -0.4 is 4.90 Å². The summed E-state index contributed by atoms with van der Waals surface area (Å²) in [6, 6.07) is 4.08. The van der Waals surface area contributed by atoms with E-state index in [1.165, 1.54) is 0 Å². The maximum atomic E-state index is 13.4.